The molecule has 1 saturated carbocycles. The lowest BCUT2D eigenvalue weighted by Crippen LogP contribution is -2.48. The summed E-state index contributed by atoms with van der Waals surface area (Å²) < 4.78 is 48.3. The van der Waals surface area contributed by atoms with Crippen LogP contribution in [0.1, 0.15) is 34.7 Å². The third-order valence-corrected chi connectivity index (χ3v) is 7.13. The molecule has 1 aliphatic heterocycles. The fourth-order valence-electron chi connectivity index (χ4n) is 3.17. The van der Waals surface area contributed by atoms with Gasteiger partial charge in [0.15, 0.2) is 11.5 Å². The minimum absolute atomic E-state index is 0.127. The highest BCUT2D eigenvalue weighted by molar-refractivity contribution is 9.10. The Morgan fingerprint density at radius 2 is 1.87 bits per heavy atom. The molecule has 2 aliphatic rings. The lowest BCUT2D eigenvalue weighted by atomic mass is 10.0. The number of halogens is 3. The smallest absolute Gasteiger partial charge is 0.265 e. The van der Waals surface area contributed by atoms with Crippen LogP contribution in [-0.2, 0) is 14.8 Å². The van der Waals surface area contributed by atoms with Gasteiger partial charge >= 0.3 is 0 Å². The van der Waals surface area contributed by atoms with E-state index in [4.69, 9.17) is 16.3 Å². The van der Waals surface area contributed by atoms with Gasteiger partial charge in [-0.2, -0.15) is 0 Å². The number of phenolic OH excluding ortho intramolecular Hbond substituents is 2. The number of phenols is 2. The molecule has 0 spiro atoms. The molecule has 2 fully saturated rings. The number of nitrogens with one attached hydrogen (secondary N) is 2. The van der Waals surface area contributed by atoms with Gasteiger partial charge in [-0.15, -0.1) is 0 Å². The minimum atomic E-state index is -4.45. The van der Waals surface area contributed by atoms with Crippen LogP contribution >= 0.6 is 27.5 Å². The van der Waals surface area contributed by atoms with Crippen molar-refractivity contribution in [2.24, 2.45) is 0 Å². The topological polar surface area (TPSA) is 125 Å². The highest BCUT2D eigenvalue weighted by atomic mass is 79.9. The first kappa shape index (κ1) is 22.1. The van der Waals surface area contributed by atoms with Crippen LogP contribution in [-0.4, -0.2) is 43.8 Å². The molecule has 0 aromatic heterocycles. The van der Waals surface area contributed by atoms with Crippen molar-refractivity contribution in [3.8, 4) is 11.5 Å². The van der Waals surface area contributed by atoms with Gasteiger partial charge in [0.05, 0.1) is 30.0 Å². The van der Waals surface area contributed by atoms with E-state index >= 15 is 4.39 Å². The summed E-state index contributed by atoms with van der Waals surface area (Å²) in [6.45, 7) is 0.525. The first-order chi connectivity index (χ1) is 14.6. The van der Waals surface area contributed by atoms with E-state index in [9.17, 15) is 23.4 Å². The van der Waals surface area contributed by atoms with Crippen LogP contribution in [0.4, 0.5) is 10.1 Å². The summed E-state index contributed by atoms with van der Waals surface area (Å²) in [4.78, 5) is 12.1. The lowest BCUT2D eigenvalue weighted by Gasteiger charge is -2.27. The van der Waals surface area contributed by atoms with E-state index in [1.807, 2.05) is 0 Å². The Balaban J connectivity index is 1.77. The first-order valence-electron chi connectivity index (χ1n) is 9.23. The number of ether oxygens (including phenoxy) is 1. The molecule has 1 heterocycles. The van der Waals surface area contributed by atoms with E-state index in [2.05, 4.69) is 26.0 Å². The largest absolute Gasteiger partial charge is 0.505 e. The molecule has 2 aromatic rings. The Morgan fingerprint density at radius 3 is 2.45 bits per heavy atom. The van der Waals surface area contributed by atoms with Crippen molar-refractivity contribution >= 4 is 49.1 Å². The van der Waals surface area contributed by atoms with Gasteiger partial charge in [0.25, 0.3) is 15.9 Å². The van der Waals surface area contributed by atoms with Gasteiger partial charge in [-0.05, 0) is 42.5 Å². The summed E-state index contributed by atoms with van der Waals surface area (Å²) in [5.74, 6) is -3.50. The van der Waals surface area contributed by atoms with E-state index in [0.29, 0.717) is 17.3 Å². The minimum Gasteiger partial charge on any atom is -0.505 e. The van der Waals surface area contributed by atoms with Crippen LogP contribution in [0.25, 0.3) is 0 Å². The molecule has 12 heteroatoms. The van der Waals surface area contributed by atoms with Crippen molar-refractivity contribution in [1.82, 2.24) is 5.32 Å². The monoisotopic (exact) mass is 534 g/mol. The molecule has 0 atom stereocenters. The number of carbonyl (C=O) groups is 1. The zero-order valence-corrected chi connectivity index (χ0v) is 18.9. The Labute approximate surface area is 190 Å². The Kier molecular flexibility index (Phi) is 5.80. The summed E-state index contributed by atoms with van der Waals surface area (Å²) in [5, 5.41) is 23.0. The van der Waals surface area contributed by atoms with Crippen LogP contribution in [0, 0.1) is 5.82 Å². The van der Waals surface area contributed by atoms with Crippen LogP contribution in [0.5, 0.6) is 11.5 Å². The Hall–Kier alpha value is -2.08. The SMILES string of the molecule is O=C(NC1COC1)c1c(O)c(NS(=O)(=O)c2cc(Br)cc(Cl)c2O)cc(C2CC2)c1F. The zero-order valence-electron chi connectivity index (χ0n) is 15.8. The van der Waals surface area contributed by atoms with E-state index < -0.39 is 43.7 Å². The number of anilines is 1. The van der Waals surface area contributed by atoms with Gasteiger partial charge in [0, 0.05) is 4.47 Å². The molecule has 8 nitrogen and oxygen atoms in total. The molecule has 1 saturated heterocycles. The third kappa shape index (κ3) is 4.32. The second-order valence-corrected chi connectivity index (χ2v) is 10.3. The summed E-state index contributed by atoms with van der Waals surface area (Å²) in [6.07, 6.45) is 1.35. The molecule has 1 aliphatic carbocycles. The first-order valence-corrected chi connectivity index (χ1v) is 11.9. The number of amides is 1. The van der Waals surface area contributed by atoms with E-state index in [1.54, 1.807) is 0 Å². The van der Waals surface area contributed by atoms with Crippen molar-refractivity contribution in [1.29, 1.82) is 0 Å². The Bertz CT molecular complexity index is 1180. The second-order valence-electron chi connectivity index (χ2n) is 7.37. The number of hydrogen-bond donors (Lipinski definition) is 4. The molecule has 4 rings (SSSR count). The molecule has 4 N–H and O–H groups in total. The highest BCUT2D eigenvalue weighted by Gasteiger charge is 2.34. The lowest BCUT2D eigenvalue weighted by molar-refractivity contribution is -0.00357. The molecule has 0 radical (unpaired) electrons. The van der Waals surface area contributed by atoms with Crippen molar-refractivity contribution < 1.29 is 32.6 Å². The maximum atomic E-state index is 15.1. The van der Waals surface area contributed by atoms with Gasteiger partial charge in [-0.3, -0.25) is 9.52 Å². The molecular formula is C19H17BrClFN2O6S. The maximum absolute atomic E-state index is 15.1. The average Bonchev–Trinajstić information content (AvgIpc) is 3.48. The van der Waals surface area contributed by atoms with E-state index in [1.165, 1.54) is 12.1 Å². The van der Waals surface area contributed by atoms with Crippen molar-refractivity contribution in [2.45, 2.75) is 29.7 Å². The second kappa shape index (κ2) is 8.12. The molecular weight excluding hydrogens is 519 g/mol. The molecule has 0 bridgehead atoms. The fourth-order valence-corrected chi connectivity index (χ4v) is 5.39. The van der Waals surface area contributed by atoms with Crippen LogP contribution in [0.2, 0.25) is 5.02 Å². The molecule has 166 valence electrons. The summed E-state index contributed by atoms with van der Waals surface area (Å²) in [7, 11) is -4.45. The standard InChI is InChI=1S/C19H17BrClFN2O6S/c20-9-3-12(21)17(25)14(4-9)31(28,29)24-13-5-11(8-1-2-8)16(22)15(18(13)26)19(27)23-10-6-30-7-10/h3-5,8,10,24-26H,1-2,6-7H2,(H,23,27). The number of carbonyl (C=O) groups excluding carboxylic acids is 1. The van der Waals surface area contributed by atoms with Gasteiger partial charge in [-0.1, -0.05) is 27.5 Å². The zero-order chi connectivity index (χ0) is 22.5. The number of sulfonamides is 1. The van der Waals surface area contributed by atoms with Crippen molar-refractivity contribution in [3.05, 3.63) is 44.6 Å². The van der Waals surface area contributed by atoms with E-state index in [-0.39, 0.29) is 41.4 Å². The third-order valence-electron chi connectivity index (χ3n) is 5.01. The molecule has 2 aromatic carbocycles. The van der Waals surface area contributed by atoms with Crippen LogP contribution in [0.3, 0.4) is 0 Å². The maximum Gasteiger partial charge on any atom is 0.265 e. The molecule has 1 amide bonds. The van der Waals surface area contributed by atoms with Gasteiger partial charge in [0.1, 0.15) is 16.3 Å². The van der Waals surface area contributed by atoms with Crippen LogP contribution in [0.15, 0.2) is 27.6 Å². The quantitative estimate of drug-likeness (QED) is 0.420. The summed E-state index contributed by atoms with van der Waals surface area (Å²) in [6, 6.07) is 3.27. The van der Waals surface area contributed by atoms with Crippen molar-refractivity contribution in [3.63, 3.8) is 0 Å². The molecule has 0 unspecified atom stereocenters. The predicted molar refractivity (Wildman–Crippen MR) is 114 cm³/mol. The number of rotatable bonds is 6. The average molecular weight is 536 g/mol. The number of benzene rings is 2. The van der Waals surface area contributed by atoms with Gasteiger partial charge < -0.3 is 20.3 Å². The molecule has 31 heavy (non-hydrogen) atoms. The Morgan fingerprint density at radius 1 is 1.19 bits per heavy atom. The fraction of sp³-hybridized carbons (Fsp3) is 0.316. The van der Waals surface area contributed by atoms with E-state index in [0.717, 1.165) is 6.07 Å². The normalized spacial score (nSPS) is 16.6. The predicted octanol–water partition coefficient (Wildman–Crippen LogP) is 3.46. The van der Waals surface area contributed by atoms with Crippen molar-refractivity contribution in [2.75, 3.05) is 17.9 Å². The van der Waals surface area contributed by atoms with Gasteiger partial charge in [-0.25, -0.2) is 12.8 Å². The highest BCUT2D eigenvalue weighted by Crippen LogP contribution is 2.46. The number of aromatic hydroxyl groups is 2. The van der Waals surface area contributed by atoms with Crippen LogP contribution < -0.4 is 10.0 Å². The summed E-state index contributed by atoms with van der Waals surface area (Å²) in [5.41, 5.74) is -0.902. The van der Waals surface area contributed by atoms with Gasteiger partial charge in [0.2, 0.25) is 0 Å². The number of hydrogen-bond acceptors (Lipinski definition) is 6. The summed E-state index contributed by atoms with van der Waals surface area (Å²) >= 11 is 8.96.